The highest BCUT2D eigenvalue weighted by molar-refractivity contribution is 7.90. The van der Waals surface area contributed by atoms with E-state index in [1.807, 2.05) is 20.4 Å². The lowest BCUT2D eigenvalue weighted by molar-refractivity contribution is 0.0644. The van der Waals surface area contributed by atoms with Crippen LogP contribution in [0.2, 0.25) is 0 Å². The van der Waals surface area contributed by atoms with Gasteiger partial charge < -0.3 is 19.9 Å². The minimum Gasteiger partial charge on any atom is -0.387 e. The first-order valence-corrected chi connectivity index (χ1v) is 26.0. The monoisotopic (exact) mass is 944 g/mol. The fraction of sp³-hybridized carbons (Fsp3) is 0.565. The van der Waals surface area contributed by atoms with Crippen LogP contribution in [0.4, 0.5) is 10.5 Å². The highest BCUT2D eigenvalue weighted by atomic mass is 32.2. The molecule has 4 heterocycles. The van der Waals surface area contributed by atoms with Crippen molar-refractivity contribution in [3.8, 4) is 12.0 Å². The second-order valence-electron chi connectivity index (χ2n) is 19.0. The van der Waals surface area contributed by atoms with Gasteiger partial charge in [-0.3, -0.25) is 19.2 Å². The van der Waals surface area contributed by atoms with Crippen LogP contribution in [-0.2, 0) is 98.6 Å². The lowest BCUT2D eigenvalue weighted by Crippen LogP contribution is -2.56. The van der Waals surface area contributed by atoms with Gasteiger partial charge in [0.25, 0.3) is 26.3 Å². The number of nitrogens with two attached hydrogens (primary N) is 1. The van der Waals surface area contributed by atoms with Crippen molar-refractivity contribution in [2.24, 2.45) is 19.2 Å². The lowest BCUT2D eigenvalue weighted by Gasteiger charge is -2.41. The number of amides is 2. The molecule has 0 bridgehead atoms. The molecule has 6 aliphatic rings. The van der Waals surface area contributed by atoms with E-state index in [0.29, 0.717) is 25.2 Å². The molecule has 66 heavy (non-hydrogen) atoms. The number of aryl methyl sites for hydroxylation is 6. The fourth-order valence-electron chi connectivity index (χ4n) is 10.4. The van der Waals surface area contributed by atoms with Crippen molar-refractivity contribution in [2.45, 2.75) is 112 Å². The van der Waals surface area contributed by atoms with Crippen LogP contribution >= 0.6 is 0 Å². The zero-order valence-corrected chi connectivity index (χ0v) is 40.7. The number of hydrogen-bond acceptors (Lipinski definition) is 13. The van der Waals surface area contributed by atoms with Crippen molar-refractivity contribution in [2.75, 3.05) is 59.7 Å². The molecule has 0 atom stereocenters. The first kappa shape index (κ1) is 47.6. The Balaban J connectivity index is 0.000000150. The number of rotatable bonds is 11. The maximum atomic E-state index is 12.9. The number of nitrogens with one attached hydrogen (secondary N) is 2. The van der Waals surface area contributed by atoms with Crippen molar-refractivity contribution in [3.05, 3.63) is 80.2 Å². The molecule has 0 saturated carbocycles. The van der Waals surface area contributed by atoms with E-state index < -0.39 is 26.1 Å². The van der Waals surface area contributed by atoms with Gasteiger partial charge in [0.1, 0.15) is 5.75 Å². The number of carbonyl (C=O) groups is 1. The van der Waals surface area contributed by atoms with Gasteiger partial charge in [0.05, 0.1) is 11.4 Å². The molecule has 2 aromatic heterocycles. The molecule has 2 amide bonds. The van der Waals surface area contributed by atoms with Crippen LogP contribution < -0.4 is 19.9 Å². The summed E-state index contributed by atoms with van der Waals surface area (Å²) in [6.45, 7) is 5.32. The number of likely N-dealkylation sites (N-methyl/N-ethyl adjacent to an activating group) is 4. The van der Waals surface area contributed by atoms with Crippen LogP contribution in [0.25, 0.3) is 0 Å². The van der Waals surface area contributed by atoms with Crippen molar-refractivity contribution in [1.29, 1.82) is 5.26 Å². The Bertz CT molecular complexity index is 2690. The second kappa shape index (κ2) is 19.4. The molecule has 0 spiro atoms. The van der Waals surface area contributed by atoms with Gasteiger partial charge in [0, 0.05) is 83.3 Å². The fourth-order valence-corrected chi connectivity index (χ4v) is 11.8. The van der Waals surface area contributed by atoms with Crippen molar-refractivity contribution in [3.63, 3.8) is 0 Å². The minimum absolute atomic E-state index is 0.0703. The van der Waals surface area contributed by atoms with E-state index in [4.69, 9.17) is 15.1 Å². The number of aromatic nitrogens is 4. The first-order valence-electron chi connectivity index (χ1n) is 23.0. The average Bonchev–Trinajstić information content (AvgIpc) is 4.09. The van der Waals surface area contributed by atoms with Gasteiger partial charge in [-0.15, -0.1) is 5.26 Å². The van der Waals surface area contributed by atoms with E-state index in [2.05, 4.69) is 66.1 Å². The van der Waals surface area contributed by atoms with Crippen molar-refractivity contribution in [1.82, 2.24) is 43.9 Å². The molecule has 356 valence electrons. The van der Waals surface area contributed by atoms with Gasteiger partial charge in [0.2, 0.25) is 0 Å². The summed E-state index contributed by atoms with van der Waals surface area (Å²) < 4.78 is 58.8. The molecule has 4 aliphatic carbocycles. The zero-order chi connectivity index (χ0) is 47.1. The molecule has 18 nitrogen and oxygen atoms in total. The molecular weight excluding hydrogens is 881 g/mol. The molecule has 2 aliphatic heterocycles. The number of benzene rings is 2. The number of fused-ring (bicyclic) bond motifs is 4. The lowest BCUT2D eigenvalue weighted by atomic mass is 9.99. The van der Waals surface area contributed by atoms with Gasteiger partial charge in [-0.25, -0.2) is 23.1 Å². The molecule has 0 radical (unpaired) electrons. The standard InChI is InChI=1S/C23H32N6O3S.C13H13NO.C10H19N5O2S/c1-27-12-18(13-27)28(2)14-17-11-21(25-29(17)3)33(31,32)26-23(30)24-22-19-8-4-6-15(19)10-16-7-5-9-20(16)22;14-8-15-13-11-5-1-3-9(11)7-10-4-2-6-12(10)13;1-13-5-9(6-13)14(2)7-8-4-10(12-15(8)3)18(11,16)17/h10-11,18H,4-9,12-14H2,1-3H3,(H2,24,26,30);7H,1-6H2;4,9H,5-7H2,1-3H3,(H2,11,16,17). The van der Waals surface area contributed by atoms with Crippen molar-refractivity contribution < 1.29 is 26.4 Å². The number of likely N-dealkylation sites (tertiary alicyclic amines) is 2. The molecule has 20 heteroatoms. The third-order valence-corrected chi connectivity index (χ3v) is 16.1. The molecule has 10 rings (SSSR count). The Hall–Kier alpha value is -4.88. The van der Waals surface area contributed by atoms with Crippen LogP contribution in [0.1, 0.15) is 81.6 Å². The zero-order valence-electron chi connectivity index (χ0n) is 39.1. The second-order valence-corrected chi connectivity index (χ2v) is 22.1. The Morgan fingerprint density at radius 2 is 1.11 bits per heavy atom. The maximum absolute atomic E-state index is 12.9. The minimum atomic E-state index is -4.09. The van der Waals surface area contributed by atoms with Crippen molar-refractivity contribution >= 4 is 31.8 Å². The molecule has 2 aromatic carbocycles. The smallest absolute Gasteiger partial charge is 0.333 e. The Kier molecular flexibility index (Phi) is 14.0. The number of hydrogen-bond donors (Lipinski definition) is 3. The summed E-state index contributed by atoms with van der Waals surface area (Å²) in [5.41, 5.74) is 12.8. The highest BCUT2D eigenvalue weighted by Gasteiger charge is 2.31. The summed E-state index contributed by atoms with van der Waals surface area (Å²) in [4.78, 5) is 21.7. The number of carbonyl (C=O) groups excluding carboxylic acids is 1. The van der Waals surface area contributed by atoms with E-state index in [0.717, 1.165) is 124 Å². The number of sulfonamides is 2. The normalized spacial score (nSPS) is 18.0. The van der Waals surface area contributed by atoms with E-state index >= 15 is 0 Å². The van der Waals surface area contributed by atoms with E-state index in [1.54, 1.807) is 29.5 Å². The molecule has 2 fully saturated rings. The van der Waals surface area contributed by atoms with E-state index in [-0.39, 0.29) is 10.1 Å². The Morgan fingerprint density at radius 3 is 1.52 bits per heavy atom. The van der Waals surface area contributed by atoms with Gasteiger partial charge in [-0.1, -0.05) is 12.1 Å². The molecule has 2 saturated heterocycles. The quantitative estimate of drug-likeness (QED) is 0.185. The van der Waals surface area contributed by atoms with Gasteiger partial charge >= 0.3 is 6.03 Å². The summed E-state index contributed by atoms with van der Waals surface area (Å²) in [5, 5.41) is 24.5. The number of anilines is 1. The summed E-state index contributed by atoms with van der Waals surface area (Å²) in [6.07, 6.45) is 14.7. The van der Waals surface area contributed by atoms with Gasteiger partial charge in [0.15, 0.2) is 10.1 Å². The summed E-state index contributed by atoms with van der Waals surface area (Å²) in [6, 6.07) is 7.94. The van der Waals surface area contributed by atoms with Gasteiger partial charge in [-0.2, -0.15) is 18.6 Å². The van der Waals surface area contributed by atoms with Crippen LogP contribution in [0.15, 0.2) is 34.3 Å². The SMILES string of the molecule is CN1CC(N(C)Cc2cc(S(=O)(=O)NC(=O)Nc3c4c(cc5c3CCC5)CCC4)nn2C)C1.CN1CC(N(C)Cc2cc(S(N)(=O)=O)nn2C)C1.N#COc1c2c(cc3c1CCC3)CCC2. The largest absolute Gasteiger partial charge is 0.387 e. The molecular formula is C46H64N12O6S2. The van der Waals surface area contributed by atoms with Crippen LogP contribution in [-0.4, -0.2) is 128 Å². The van der Waals surface area contributed by atoms with Crippen LogP contribution in [0.5, 0.6) is 5.75 Å². The summed E-state index contributed by atoms with van der Waals surface area (Å²) >= 11 is 0. The van der Waals surface area contributed by atoms with Gasteiger partial charge in [-0.05, 0) is 150 Å². The Labute approximate surface area is 389 Å². The highest BCUT2D eigenvalue weighted by Crippen LogP contribution is 2.41. The topological polar surface area (TPSA) is 217 Å². The Morgan fingerprint density at radius 1 is 0.697 bits per heavy atom. The maximum Gasteiger partial charge on any atom is 0.333 e. The molecule has 0 unspecified atom stereocenters. The van der Waals surface area contributed by atoms with E-state index in [9.17, 15) is 21.6 Å². The van der Waals surface area contributed by atoms with E-state index in [1.165, 1.54) is 52.3 Å². The van der Waals surface area contributed by atoms with Crippen LogP contribution in [0, 0.1) is 11.5 Å². The predicted molar refractivity (Wildman–Crippen MR) is 250 cm³/mol. The number of nitrogens with zero attached hydrogens (tertiary/aromatic N) is 9. The molecule has 4 N–H and O–H groups in total. The number of primary sulfonamides is 1. The third-order valence-electron chi connectivity index (χ3n) is 14.1. The molecule has 4 aromatic rings. The number of ether oxygens (including phenoxy) is 1. The van der Waals surface area contributed by atoms with Crippen LogP contribution in [0.3, 0.4) is 0 Å². The average molecular weight is 945 g/mol. The number of nitriles is 1. The summed E-state index contributed by atoms with van der Waals surface area (Å²) in [5.74, 6) is 0.903. The summed E-state index contributed by atoms with van der Waals surface area (Å²) in [7, 11) is 3.86. The number of urea groups is 1. The predicted octanol–water partition coefficient (Wildman–Crippen LogP) is 2.99. The third kappa shape index (κ3) is 10.3. The first-order chi connectivity index (χ1) is 31.4.